The minimum atomic E-state index is -2.81. The van der Waals surface area contributed by atoms with Gasteiger partial charge in [-0.15, -0.1) is 24.0 Å². The molecule has 1 aromatic carbocycles. The van der Waals surface area contributed by atoms with Gasteiger partial charge in [0.1, 0.15) is 5.75 Å². The van der Waals surface area contributed by atoms with E-state index >= 15 is 0 Å². The molecule has 142 valence electrons. The molecule has 1 aliphatic heterocycles. The van der Waals surface area contributed by atoms with Crippen LogP contribution in [0.3, 0.4) is 0 Å². The maximum atomic E-state index is 12.3. The molecule has 1 heterocycles. The zero-order valence-electron chi connectivity index (χ0n) is 14.6. The zero-order chi connectivity index (χ0) is 17.4. The van der Waals surface area contributed by atoms with Crippen molar-refractivity contribution in [2.24, 2.45) is 4.99 Å². The fourth-order valence-electron chi connectivity index (χ4n) is 2.82. The van der Waals surface area contributed by atoms with Crippen molar-refractivity contribution in [2.45, 2.75) is 39.0 Å². The molecule has 8 heteroatoms. The summed E-state index contributed by atoms with van der Waals surface area (Å²) < 4.78 is 34.6. The minimum Gasteiger partial charge on any atom is -0.435 e. The van der Waals surface area contributed by atoms with Gasteiger partial charge in [0.05, 0.1) is 6.10 Å². The number of nitrogens with zero attached hydrogens (tertiary/aromatic N) is 2. The average Bonchev–Trinajstić information content (AvgIpc) is 2.57. The molecule has 0 bridgehead atoms. The van der Waals surface area contributed by atoms with E-state index in [1.54, 1.807) is 19.2 Å². The number of halogens is 3. The highest BCUT2D eigenvalue weighted by atomic mass is 127. The lowest BCUT2D eigenvalue weighted by atomic mass is 10.1. The van der Waals surface area contributed by atoms with Crippen molar-refractivity contribution < 1.29 is 18.3 Å². The zero-order valence-corrected chi connectivity index (χ0v) is 16.9. The van der Waals surface area contributed by atoms with Gasteiger partial charge in [0.15, 0.2) is 5.96 Å². The van der Waals surface area contributed by atoms with E-state index in [1.165, 1.54) is 6.07 Å². The van der Waals surface area contributed by atoms with E-state index in [0.717, 1.165) is 44.1 Å². The van der Waals surface area contributed by atoms with Crippen molar-refractivity contribution in [1.82, 2.24) is 10.2 Å². The molecule has 0 radical (unpaired) electrons. The summed E-state index contributed by atoms with van der Waals surface area (Å²) in [6.07, 6.45) is 2.28. The first kappa shape index (κ1) is 21.9. The van der Waals surface area contributed by atoms with Crippen molar-refractivity contribution in [1.29, 1.82) is 0 Å². The molecule has 1 aliphatic rings. The third-order valence-electron chi connectivity index (χ3n) is 3.93. The molecule has 1 aromatic rings. The number of nitrogens with one attached hydrogen (secondary N) is 1. The summed E-state index contributed by atoms with van der Waals surface area (Å²) in [5, 5.41) is 3.27. The molecule has 0 amide bonds. The van der Waals surface area contributed by atoms with Gasteiger partial charge in [0.25, 0.3) is 0 Å². The lowest BCUT2D eigenvalue weighted by Crippen LogP contribution is -2.46. The Morgan fingerprint density at radius 1 is 1.36 bits per heavy atom. The van der Waals surface area contributed by atoms with Crippen molar-refractivity contribution in [3.63, 3.8) is 0 Å². The van der Waals surface area contributed by atoms with Crippen LogP contribution in [0.25, 0.3) is 0 Å². The third kappa shape index (κ3) is 7.31. The highest BCUT2D eigenvalue weighted by Crippen LogP contribution is 2.17. The second-order valence-electron chi connectivity index (χ2n) is 5.57. The van der Waals surface area contributed by atoms with E-state index in [2.05, 4.69) is 19.9 Å². The van der Waals surface area contributed by atoms with Gasteiger partial charge in [0.2, 0.25) is 0 Å². The monoisotopic (exact) mass is 469 g/mol. The molecule has 25 heavy (non-hydrogen) atoms. The summed E-state index contributed by atoms with van der Waals surface area (Å²) in [6, 6.07) is 6.68. The Morgan fingerprint density at radius 3 is 2.68 bits per heavy atom. The number of benzene rings is 1. The van der Waals surface area contributed by atoms with Gasteiger partial charge in [0, 0.05) is 33.3 Å². The van der Waals surface area contributed by atoms with Gasteiger partial charge >= 0.3 is 6.61 Å². The van der Waals surface area contributed by atoms with E-state index in [4.69, 9.17) is 4.74 Å². The number of hydrogen-bond donors (Lipinski definition) is 1. The lowest BCUT2D eigenvalue weighted by Gasteiger charge is -2.34. The molecule has 0 spiro atoms. The summed E-state index contributed by atoms with van der Waals surface area (Å²) in [6.45, 7) is 2.22. The Balaban J connectivity index is 0.00000312. The van der Waals surface area contributed by atoms with Gasteiger partial charge in [-0.1, -0.05) is 12.1 Å². The fraction of sp³-hybridized carbons (Fsp3) is 0.588. The van der Waals surface area contributed by atoms with Gasteiger partial charge in [-0.2, -0.15) is 8.78 Å². The molecule has 1 N–H and O–H groups in total. The first-order chi connectivity index (χ1) is 11.6. The Morgan fingerprint density at radius 2 is 2.08 bits per heavy atom. The minimum absolute atomic E-state index is 0. The van der Waals surface area contributed by atoms with E-state index in [-0.39, 0.29) is 29.7 Å². The molecule has 1 saturated heterocycles. The number of ether oxygens (including phenoxy) is 2. The molecule has 0 aliphatic carbocycles. The van der Waals surface area contributed by atoms with Crippen LogP contribution in [0.5, 0.6) is 5.75 Å². The van der Waals surface area contributed by atoms with Crippen molar-refractivity contribution in [2.75, 3.05) is 26.7 Å². The number of hydrogen-bond acceptors (Lipinski definition) is 3. The summed E-state index contributed by atoms with van der Waals surface area (Å²) in [5.74, 6) is 0.974. The van der Waals surface area contributed by atoms with Crippen LogP contribution in [0, 0.1) is 0 Å². The predicted octanol–water partition coefficient (Wildman–Crippen LogP) is 3.48. The summed E-state index contributed by atoms with van der Waals surface area (Å²) in [7, 11) is 1.74. The smallest absolute Gasteiger partial charge is 0.387 e. The number of aliphatic imine (C=N–C) groups is 1. The van der Waals surface area contributed by atoms with E-state index < -0.39 is 6.61 Å². The van der Waals surface area contributed by atoms with Crippen LogP contribution in [0.4, 0.5) is 8.78 Å². The first-order valence-corrected chi connectivity index (χ1v) is 8.23. The number of likely N-dealkylation sites (tertiary alicyclic amines) is 1. The highest BCUT2D eigenvalue weighted by Gasteiger charge is 2.21. The van der Waals surface area contributed by atoms with E-state index in [9.17, 15) is 8.78 Å². The molecular formula is C17H26F2IN3O2. The Labute approximate surface area is 164 Å². The van der Waals surface area contributed by atoms with Gasteiger partial charge in [-0.05, 0) is 37.5 Å². The van der Waals surface area contributed by atoms with Crippen LogP contribution < -0.4 is 10.1 Å². The Hall–Kier alpha value is -1.16. The second kappa shape index (κ2) is 11.5. The van der Waals surface area contributed by atoms with Crippen LogP contribution in [0.15, 0.2) is 29.3 Å². The average molecular weight is 469 g/mol. The van der Waals surface area contributed by atoms with Crippen LogP contribution in [-0.2, 0) is 11.3 Å². The van der Waals surface area contributed by atoms with Crippen LogP contribution in [0.1, 0.15) is 25.3 Å². The molecule has 0 aromatic heterocycles. The largest absolute Gasteiger partial charge is 0.435 e. The second-order valence-corrected chi connectivity index (χ2v) is 5.57. The van der Waals surface area contributed by atoms with Gasteiger partial charge < -0.3 is 19.7 Å². The molecular weight excluding hydrogens is 443 g/mol. The number of rotatable bonds is 6. The highest BCUT2D eigenvalue weighted by molar-refractivity contribution is 14.0. The number of guanidine groups is 1. The Bertz CT molecular complexity index is 538. The molecule has 5 nitrogen and oxygen atoms in total. The van der Waals surface area contributed by atoms with Crippen molar-refractivity contribution in [3.05, 3.63) is 29.8 Å². The lowest BCUT2D eigenvalue weighted by molar-refractivity contribution is -0.0498. The van der Waals surface area contributed by atoms with E-state index in [0.29, 0.717) is 12.6 Å². The number of piperidine rings is 1. The van der Waals surface area contributed by atoms with Crippen molar-refractivity contribution >= 4 is 29.9 Å². The summed E-state index contributed by atoms with van der Waals surface area (Å²) in [4.78, 5) is 6.50. The standard InChI is InChI=1S/C17H25F2N3O2.HI/c1-3-23-14-7-9-22(10-8-14)17(20-2)21-12-13-5-4-6-15(11-13)24-16(18)19;/h4-6,11,14,16H,3,7-10,12H2,1-2H3,(H,20,21);1H. The van der Waals surface area contributed by atoms with E-state index in [1.807, 2.05) is 13.0 Å². The molecule has 0 unspecified atom stereocenters. The van der Waals surface area contributed by atoms with Gasteiger partial charge in [-0.3, -0.25) is 4.99 Å². The summed E-state index contributed by atoms with van der Waals surface area (Å²) in [5.41, 5.74) is 0.860. The third-order valence-corrected chi connectivity index (χ3v) is 3.93. The molecule has 0 atom stereocenters. The van der Waals surface area contributed by atoms with Crippen LogP contribution in [0.2, 0.25) is 0 Å². The van der Waals surface area contributed by atoms with Crippen LogP contribution >= 0.6 is 24.0 Å². The maximum absolute atomic E-state index is 12.3. The Kier molecular flexibility index (Phi) is 10.0. The van der Waals surface area contributed by atoms with Crippen LogP contribution in [-0.4, -0.2) is 50.3 Å². The SMILES string of the molecule is CCOC1CCN(C(=NC)NCc2cccc(OC(F)F)c2)CC1.I. The van der Waals surface area contributed by atoms with Gasteiger partial charge in [-0.25, -0.2) is 0 Å². The quantitative estimate of drug-likeness (QED) is 0.394. The summed E-state index contributed by atoms with van der Waals surface area (Å²) >= 11 is 0. The molecule has 1 fully saturated rings. The predicted molar refractivity (Wildman–Crippen MR) is 105 cm³/mol. The first-order valence-electron chi connectivity index (χ1n) is 8.23. The normalized spacial score (nSPS) is 15.9. The van der Waals surface area contributed by atoms with Crippen molar-refractivity contribution in [3.8, 4) is 5.75 Å². The molecule has 2 rings (SSSR count). The fourth-order valence-corrected chi connectivity index (χ4v) is 2.82. The maximum Gasteiger partial charge on any atom is 0.387 e. The number of alkyl halides is 2. The topological polar surface area (TPSA) is 46.1 Å². The molecule has 0 saturated carbocycles.